The van der Waals surface area contributed by atoms with Crippen molar-refractivity contribution >= 4 is 18.0 Å². The van der Waals surface area contributed by atoms with Crippen molar-refractivity contribution in [2.24, 2.45) is 11.8 Å². The molecule has 3 rings (SSSR count). The number of carboxylic acid groups (broad SMARTS) is 1. The molecule has 3 N–H and O–H groups in total. The summed E-state index contributed by atoms with van der Waals surface area (Å²) in [5.41, 5.74) is 4.56. The SMILES string of the molecule is CC(C)C[C@H](NC(=O)OCC1c2ccccc2-c2ccccc21)C(=O)NCC(C)CCC(=O)O. The second-order valence-corrected chi connectivity index (χ2v) is 9.43. The molecule has 2 atom stereocenters. The van der Waals surface area contributed by atoms with Gasteiger partial charge in [0.05, 0.1) is 0 Å². The van der Waals surface area contributed by atoms with Crippen LogP contribution in [0.2, 0.25) is 0 Å². The van der Waals surface area contributed by atoms with Crippen molar-refractivity contribution in [1.82, 2.24) is 10.6 Å². The van der Waals surface area contributed by atoms with Crippen LogP contribution >= 0.6 is 0 Å². The van der Waals surface area contributed by atoms with Crippen LogP contribution < -0.4 is 10.6 Å². The first-order valence-electron chi connectivity index (χ1n) is 11.9. The Labute approximate surface area is 200 Å². The summed E-state index contributed by atoms with van der Waals surface area (Å²) >= 11 is 0. The Hall–Kier alpha value is -3.35. The van der Waals surface area contributed by atoms with Gasteiger partial charge in [0.25, 0.3) is 0 Å². The topological polar surface area (TPSA) is 105 Å². The largest absolute Gasteiger partial charge is 0.481 e. The fourth-order valence-corrected chi connectivity index (χ4v) is 4.36. The lowest BCUT2D eigenvalue weighted by atomic mass is 9.98. The maximum atomic E-state index is 12.7. The van der Waals surface area contributed by atoms with Crippen LogP contribution in [0.1, 0.15) is 57.1 Å². The molecule has 0 aliphatic heterocycles. The number of nitrogens with one attached hydrogen (secondary N) is 2. The third-order valence-electron chi connectivity index (χ3n) is 6.14. The third-order valence-corrected chi connectivity index (χ3v) is 6.14. The van der Waals surface area contributed by atoms with Gasteiger partial charge in [0, 0.05) is 18.9 Å². The highest BCUT2D eigenvalue weighted by atomic mass is 16.5. The number of ether oxygens (including phenoxy) is 1. The summed E-state index contributed by atoms with van der Waals surface area (Å²) in [6, 6.07) is 15.5. The molecule has 0 fully saturated rings. The first-order chi connectivity index (χ1) is 16.3. The zero-order chi connectivity index (χ0) is 24.7. The monoisotopic (exact) mass is 466 g/mol. The first kappa shape index (κ1) is 25.3. The maximum absolute atomic E-state index is 12.7. The Balaban J connectivity index is 1.58. The number of rotatable bonds is 11. The number of hydrogen-bond acceptors (Lipinski definition) is 4. The summed E-state index contributed by atoms with van der Waals surface area (Å²) in [6.45, 7) is 6.39. The Bertz CT molecular complexity index is 974. The van der Waals surface area contributed by atoms with Gasteiger partial charge in [-0.2, -0.15) is 0 Å². The molecule has 0 saturated carbocycles. The lowest BCUT2D eigenvalue weighted by molar-refractivity contribution is -0.137. The second-order valence-electron chi connectivity index (χ2n) is 9.43. The van der Waals surface area contributed by atoms with E-state index in [9.17, 15) is 14.4 Å². The summed E-state index contributed by atoms with van der Waals surface area (Å²) in [5, 5.41) is 14.4. The molecule has 182 valence electrons. The van der Waals surface area contributed by atoms with E-state index in [0.717, 1.165) is 22.3 Å². The minimum atomic E-state index is -0.854. The quantitative estimate of drug-likeness (QED) is 0.450. The first-order valence-corrected chi connectivity index (χ1v) is 11.9. The third kappa shape index (κ3) is 6.59. The highest BCUT2D eigenvalue weighted by Gasteiger charge is 2.30. The van der Waals surface area contributed by atoms with Crippen LogP contribution in [0.5, 0.6) is 0 Å². The number of amides is 2. The van der Waals surface area contributed by atoms with Crippen LogP contribution in [0.3, 0.4) is 0 Å². The van der Waals surface area contributed by atoms with Crippen molar-refractivity contribution in [3.63, 3.8) is 0 Å². The van der Waals surface area contributed by atoms with Crippen LogP contribution in [0.25, 0.3) is 11.1 Å². The van der Waals surface area contributed by atoms with Crippen LogP contribution in [-0.4, -0.2) is 42.3 Å². The van der Waals surface area contributed by atoms with E-state index in [1.165, 1.54) is 0 Å². The lowest BCUT2D eigenvalue weighted by Gasteiger charge is -2.22. The molecular weight excluding hydrogens is 432 g/mol. The van der Waals surface area contributed by atoms with Crippen molar-refractivity contribution in [3.8, 4) is 11.1 Å². The van der Waals surface area contributed by atoms with Gasteiger partial charge in [-0.1, -0.05) is 69.3 Å². The number of carbonyl (C=O) groups is 3. The van der Waals surface area contributed by atoms with Crippen LogP contribution in [0.15, 0.2) is 48.5 Å². The summed E-state index contributed by atoms with van der Waals surface area (Å²) in [4.78, 5) is 36.1. The van der Waals surface area contributed by atoms with E-state index in [4.69, 9.17) is 9.84 Å². The van der Waals surface area contributed by atoms with Crippen LogP contribution in [-0.2, 0) is 14.3 Å². The van der Waals surface area contributed by atoms with E-state index in [1.54, 1.807) is 0 Å². The number of carboxylic acids is 1. The van der Waals surface area contributed by atoms with Crippen LogP contribution in [0, 0.1) is 11.8 Å². The van der Waals surface area contributed by atoms with Gasteiger partial charge in [0.15, 0.2) is 0 Å². The molecule has 7 nitrogen and oxygen atoms in total. The van der Waals surface area contributed by atoms with Gasteiger partial charge in [-0.05, 0) is 46.9 Å². The van der Waals surface area contributed by atoms with E-state index in [0.29, 0.717) is 19.4 Å². The molecule has 2 amide bonds. The summed E-state index contributed by atoms with van der Waals surface area (Å²) in [6.07, 6.45) is 0.385. The number of aliphatic carboxylic acids is 1. The molecule has 34 heavy (non-hydrogen) atoms. The van der Waals surface area contributed by atoms with E-state index >= 15 is 0 Å². The number of hydrogen-bond donors (Lipinski definition) is 3. The van der Waals surface area contributed by atoms with E-state index in [1.807, 2.05) is 45.0 Å². The van der Waals surface area contributed by atoms with Crippen LogP contribution in [0.4, 0.5) is 4.79 Å². The molecule has 0 saturated heterocycles. The molecule has 0 heterocycles. The second kappa shape index (κ2) is 11.7. The predicted octanol–water partition coefficient (Wildman–Crippen LogP) is 4.56. The normalized spacial score (nSPS) is 14.1. The minimum absolute atomic E-state index is 0.0224. The van der Waals surface area contributed by atoms with Gasteiger partial charge in [0.1, 0.15) is 12.6 Å². The number of fused-ring (bicyclic) bond motifs is 3. The highest BCUT2D eigenvalue weighted by molar-refractivity contribution is 5.85. The van der Waals surface area contributed by atoms with Gasteiger partial charge in [-0.25, -0.2) is 4.79 Å². The number of benzene rings is 2. The molecule has 0 bridgehead atoms. The Morgan fingerprint density at radius 2 is 1.56 bits per heavy atom. The average Bonchev–Trinajstić information content (AvgIpc) is 3.13. The predicted molar refractivity (Wildman–Crippen MR) is 130 cm³/mol. The van der Waals surface area contributed by atoms with E-state index < -0.39 is 18.1 Å². The van der Waals surface area contributed by atoms with Gasteiger partial charge in [-0.15, -0.1) is 0 Å². The van der Waals surface area contributed by atoms with Gasteiger partial charge in [-0.3, -0.25) is 9.59 Å². The lowest BCUT2D eigenvalue weighted by Crippen LogP contribution is -2.48. The molecule has 7 heteroatoms. The fourth-order valence-electron chi connectivity index (χ4n) is 4.36. The fraction of sp³-hybridized carbons (Fsp3) is 0.444. The maximum Gasteiger partial charge on any atom is 0.407 e. The minimum Gasteiger partial charge on any atom is -0.481 e. The molecule has 1 aliphatic rings. The standard InChI is InChI=1S/C27H34N2O5/c1-17(2)14-24(26(32)28-15-18(3)12-13-25(30)31)29-27(33)34-16-23-21-10-6-4-8-19(21)20-9-5-7-11-22(20)23/h4-11,17-18,23-24H,12-16H2,1-3H3,(H,28,32)(H,29,33)(H,30,31)/t18?,24-/m0/s1. The van der Waals surface area contributed by atoms with Crippen molar-refractivity contribution in [1.29, 1.82) is 0 Å². The highest BCUT2D eigenvalue weighted by Crippen LogP contribution is 2.44. The molecular formula is C27H34N2O5. The summed E-state index contributed by atoms with van der Waals surface area (Å²) < 4.78 is 5.60. The summed E-state index contributed by atoms with van der Waals surface area (Å²) in [5.74, 6) is -0.981. The number of carbonyl (C=O) groups excluding carboxylic acids is 2. The zero-order valence-electron chi connectivity index (χ0n) is 20.0. The number of alkyl carbamates (subject to hydrolysis) is 1. The van der Waals surface area contributed by atoms with Gasteiger partial charge >= 0.3 is 12.1 Å². The van der Waals surface area contributed by atoms with Crippen molar-refractivity contribution in [2.45, 2.75) is 52.0 Å². The Morgan fingerprint density at radius 3 is 2.12 bits per heavy atom. The molecule has 1 unspecified atom stereocenters. The molecule has 0 radical (unpaired) electrons. The van der Waals surface area contributed by atoms with Crippen molar-refractivity contribution < 1.29 is 24.2 Å². The smallest absolute Gasteiger partial charge is 0.407 e. The van der Waals surface area contributed by atoms with Gasteiger partial charge < -0.3 is 20.5 Å². The summed E-state index contributed by atoms with van der Waals surface area (Å²) in [7, 11) is 0. The van der Waals surface area contributed by atoms with Crippen molar-refractivity contribution in [2.75, 3.05) is 13.2 Å². The Kier molecular flexibility index (Phi) is 8.68. The molecule has 2 aromatic carbocycles. The van der Waals surface area contributed by atoms with Gasteiger partial charge in [0.2, 0.25) is 5.91 Å². The van der Waals surface area contributed by atoms with E-state index in [2.05, 4.69) is 34.9 Å². The zero-order valence-corrected chi connectivity index (χ0v) is 20.0. The van der Waals surface area contributed by atoms with E-state index in [-0.39, 0.29) is 36.7 Å². The molecule has 1 aliphatic carbocycles. The Morgan fingerprint density at radius 1 is 0.971 bits per heavy atom. The molecule has 2 aromatic rings. The average molecular weight is 467 g/mol. The molecule has 0 spiro atoms. The molecule has 0 aromatic heterocycles. The van der Waals surface area contributed by atoms with Crippen molar-refractivity contribution in [3.05, 3.63) is 59.7 Å².